The first-order chi connectivity index (χ1) is 12.2. The molecule has 0 bridgehead atoms. The molecule has 3 aromatic heterocycles. The molecule has 1 aromatic carbocycles. The molecule has 0 saturated carbocycles. The van der Waals surface area contributed by atoms with Crippen molar-refractivity contribution in [3.63, 3.8) is 0 Å². The molecule has 25 heavy (non-hydrogen) atoms. The van der Waals surface area contributed by atoms with E-state index in [1.165, 1.54) is 6.33 Å². The van der Waals surface area contributed by atoms with E-state index in [2.05, 4.69) is 35.7 Å². The number of para-hydroxylation sites is 2. The molecule has 126 valence electrons. The first-order valence-corrected chi connectivity index (χ1v) is 8.09. The van der Waals surface area contributed by atoms with Crippen molar-refractivity contribution in [2.24, 2.45) is 0 Å². The highest BCUT2D eigenvalue weighted by Crippen LogP contribution is 2.15. The van der Waals surface area contributed by atoms with Gasteiger partial charge in [0, 0.05) is 24.8 Å². The third-order valence-corrected chi connectivity index (χ3v) is 3.85. The highest BCUT2D eigenvalue weighted by atomic mass is 15.4. The Morgan fingerprint density at radius 3 is 2.56 bits per heavy atom. The lowest BCUT2D eigenvalue weighted by molar-refractivity contribution is 0.913. The molecule has 0 radical (unpaired) electrons. The standard InChI is InChI=1S/C17H18N8/c1-11-9-15(25-17(22-11)20-10-21-25)18-7-8-19-16-12(2)23-13-5-3-4-6-14(13)24-16/h3-6,9-10,18H,7-8H2,1-2H3,(H,19,24). The van der Waals surface area contributed by atoms with Gasteiger partial charge in [0.15, 0.2) is 0 Å². The SMILES string of the molecule is Cc1cc(NCCNc2nc3ccccc3nc2C)n2ncnc2n1. The number of aryl methyl sites for hydroxylation is 2. The molecule has 0 aliphatic rings. The van der Waals surface area contributed by atoms with E-state index < -0.39 is 0 Å². The zero-order valence-electron chi connectivity index (χ0n) is 14.1. The minimum atomic E-state index is 0.590. The van der Waals surface area contributed by atoms with Crippen molar-refractivity contribution in [3.8, 4) is 0 Å². The molecule has 0 fully saturated rings. The monoisotopic (exact) mass is 334 g/mol. The minimum Gasteiger partial charge on any atom is -0.368 e. The number of aromatic nitrogens is 6. The van der Waals surface area contributed by atoms with E-state index in [1.807, 2.05) is 44.2 Å². The molecule has 0 unspecified atom stereocenters. The molecule has 4 aromatic rings. The van der Waals surface area contributed by atoms with Crippen LogP contribution in [0.4, 0.5) is 11.6 Å². The Morgan fingerprint density at radius 2 is 1.72 bits per heavy atom. The predicted molar refractivity (Wildman–Crippen MR) is 96.8 cm³/mol. The summed E-state index contributed by atoms with van der Waals surface area (Å²) in [7, 11) is 0. The normalized spacial score (nSPS) is 11.1. The molecular formula is C17H18N8. The summed E-state index contributed by atoms with van der Waals surface area (Å²) in [4.78, 5) is 17.7. The molecule has 0 saturated heterocycles. The summed E-state index contributed by atoms with van der Waals surface area (Å²) in [5, 5.41) is 10.9. The number of rotatable bonds is 5. The second-order valence-electron chi connectivity index (χ2n) is 5.75. The largest absolute Gasteiger partial charge is 0.368 e. The van der Waals surface area contributed by atoms with Crippen molar-refractivity contribution in [3.05, 3.63) is 48.0 Å². The summed E-state index contributed by atoms with van der Waals surface area (Å²) in [6.45, 7) is 5.30. The lowest BCUT2D eigenvalue weighted by Crippen LogP contribution is -2.17. The summed E-state index contributed by atoms with van der Waals surface area (Å²) in [5.74, 6) is 2.26. The van der Waals surface area contributed by atoms with E-state index in [9.17, 15) is 0 Å². The van der Waals surface area contributed by atoms with Crippen molar-refractivity contribution in [1.82, 2.24) is 29.5 Å². The third kappa shape index (κ3) is 3.06. The van der Waals surface area contributed by atoms with Gasteiger partial charge in [-0.25, -0.2) is 15.0 Å². The topological polar surface area (TPSA) is 92.9 Å². The van der Waals surface area contributed by atoms with Gasteiger partial charge in [-0.05, 0) is 26.0 Å². The number of hydrogen-bond acceptors (Lipinski definition) is 7. The van der Waals surface area contributed by atoms with E-state index in [0.717, 1.165) is 34.1 Å². The van der Waals surface area contributed by atoms with E-state index in [4.69, 9.17) is 0 Å². The fourth-order valence-corrected chi connectivity index (χ4v) is 2.68. The zero-order chi connectivity index (χ0) is 17.2. The number of hydrogen-bond donors (Lipinski definition) is 2. The van der Waals surface area contributed by atoms with Crippen molar-refractivity contribution >= 4 is 28.4 Å². The first kappa shape index (κ1) is 15.3. The number of nitrogens with one attached hydrogen (secondary N) is 2. The Bertz CT molecular complexity index is 1040. The summed E-state index contributed by atoms with van der Waals surface area (Å²) >= 11 is 0. The van der Waals surface area contributed by atoms with Crippen molar-refractivity contribution in [2.45, 2.75) is 13.8 Å². The van der Waals surface area contributed by atoms with Gasteiger partial charge in [-0.15, -0.1) is 0 Å². The second-order valence-corrected chi connectivity index (χ2v) is 5.75. The minimum absolute atomic E-state index is 0.590. The second kappa shape index (κ2) is 6.31. The smallest absolute Gasteiger partial charge is 0.254 e. The van der Waals surface area contributed by atoms with Gasteiger partial charge in [-0.3, -0.25) is 0 Å². The first-order valence-electron chi connectivity index (χ1n) is 8.09. The maximum absolute atomic E-state index is 4.64. The van der Waals surface area contributed by atoms with E-state index in [1.54, 1.807) is 4.52 Å². The molecule has 3 heterocycles. The summed E-state index contributed by atoms with van der Waals surface area (Å²) < 4.78 is 1.69. The van der Waals surface area contributed by atoms with Crippen LogP contribution in [0.3, 0.4) is 0 Å². The van der Waals surface area contributed by atoms with Crippen LogP contribution < -0.4 is 10.6 Å². The van der Waals surface area contributed by atoms with Crippen LogP contribution in [0.25, 0.3) is 16.8 Å². The molecule has 2 N–H and O–H groups in total. The lowest BCUT2D eigenvalue weighted by atomic mass is 10.3. The van der Waals surface area contributed by atoms with Crippen LogP contribution in [0.1, 0.15) is 11.4 Å². The van der Waals surface area contributed by atoms with Gasteiger partial charge in [0.2, 0.25) is 0 Å². The average Bonchev–Trinajstić information content (AvgIpc) is 3.07. The molecule has 0 spiro atoms. The number of benzene rings is 1. The molecule has 0 atom stereocenters. The van der Waals surface area contributed by atoms with Crippen LogP contribution in [0.2, 0.25) is 0 Å². The summed E-state index contributed by atoms with van der Waals surface area (Å²) in [6.07, 6.45) is 1.50. The van der Waals surface area contributed by atoms with Gasteiger partial charge in [0.1, 0.15) is 18.0 Å². The van der Waals surface area contributed by atoms with Crippen molar-refractivity contribution < 1.29 is 0 Å². The highest BCUT2D eigenvalue weighted by Gasteiger charge is 2.06. The quantitative estimate of drug-likeness (QED) is 0.540. The Labute approximate surface area is 144 Å². The van der Waals surface area contributed by atoms with Gasteiger partial charge in [0.05, 0.1) is 16.7 Å². The van der Waals surface area contributed by atoms with Gasteiger partial charge in [0.25, 0.3) is 5.78 Å². The van der Waals surface area contributed by atoms with Crippen molar-refractivity contribution in [2.75, 3.05) is 23.7 Å². The number of nitrogens with zero attached hydrogens (tertiary/aromatic N) is 6. The maximum atomic E-state index is 4.64. The third-order valence-electron chi connectivity index (χ3n) is 3.85. The highest BCUT2D eigenvalue weighted by molar-refractivity contribution is 5.76. The molecule has 0 amide bonds. The van der Waals surface area contributed by atoms with Crippen LogP contribution in [0.15, 0.2) is 36.7 Å². The van der Waals surface area contributed by atoms with Gasteiger partial charge < -0.3 is 10.6 Å². The summed E-state index contributed by atoms with van der Waals surface area (Å²) in [5.41, 5.74) is 3.58. The number of fused-ring (bicyclic) bond motifs is 2. The molecule has 8 heteroatoms. The fraction of sp³-hybridized carbons (Fsp3) is 0.235. The molecule has 4 rings (SSSR count). The predicted octanol–water partition coefficient (Wildman–Crippen LogP) is 2.21. The van der Waals surface area contributed by atoms with Crippen LogP contribution in [-0.2, 0) is 0 Å². The lowest BCUT2D eigenvalue weighted by Gasteiger charge is -2.11. The fourth-order valence-electron chi connectivity index (χ4n) is 2.68. The molecular weight excluding hydrogens is 316 g/mol. The van der Waals surface area contributed by atoms with E-state index >= 15 is 0 Å². The van der Waals surface area contributed by atoms with Crippen LogP contribution in [0.5, 0.6) is 0 Å². The van der Waals surface area contributed by atoms with Gasteiger partial charge >= 0.3 is 0 Å². The Hall–Kier alpha value is -3.29. The Kier molecular flexibility index (Phi) is 3.85. The van der Waals surface area contributed by atoms with Crippen LogP contribution in [0, 0.1) is 13.8 Å². The van der Waals surface area contributed by atoms with Crippen molar-refractivity contribution in [1.29, 1.82) is 0 Å². The average molecular weight is 334 g/mol. The van der Waals surface area contributed by atoms with Crippen LogP contribution in [-0.4, -0.2) is 42.6 Å². The Balaban J connectivity index is 1.44. The van der Waals surface area contributed by atoms with Gasteiger partial charge in [-0.1, -0.05) is 12.1 Å². The maximum Gasteiger partial charge on any atom is 0.254 e. The molecule has 8 nitrogen and oxygen atoms in total. The van der Waals surface area contributed by atoms with E-state index in [0.29, 0.717) is 18.9 Å². The Morgan fingerprint density at radius 1 is 0.960 bits per heavy atom. The van der Waals surface area contributed by atoms with E-state index in [-0.39, 0.29) is 0 Å². The number of anilines is 2. The summed E-state index contributed by atoms with van der Waals surface area (Å²) in [6, 6.07) is 9.81. The zero-order valence-corrected chi connectivity index (χ0v) is 14.1. The molecule has 0 aliphatic carbocycles. The van der Waals surface area contributed by atoms with Crippen LogP contribution >= 0.6 is 0 Å². The van der Waals surface area contributed by atoms with Gasteiger partial charge in [-0.2, -0.15) is 14.6 Å². The molecule has 0 aliphatic heterocycles.